The van der Waals surface area contributed by atoms with Crippen LogP contribution in [0.1, 0.15) is 0 Å². The van der Waals surface area contributed by atoms with Crippen molar-refractivity contribution < 1.29 is 0 Å². The molecule has 0 saturated carbocycles. The maximum Gasteiger partial charge on any atom is 0.124 e. The van der Waals surface area contributed by atoms with E-state index >= 15 is 0 Å². The topological polar surface area (TPSA) is 38.9 Å². The first-order valence-electron chi connectivity index (χ1n) is 5.90. The fourth-order valence-electron chi connectivity index (χ4n) is 1.82. The summed E-state index contributed by atoms with van der Waals surface area (Å²) in [4.78, 5) is 4.63. The Balaban J connectivity index is 1.97. The average Bonchev–Trinajstić information content (AvgIpc) is 2.92. The van der Waals surface area contributed by atoms with Crippen molar-refractivity contribution in [2.24, 2.45) is 0 Å². The van der Waals surface area contributed by atoms with E-state index in [0.29, 0.717) is 10.0 Å². The van der Waals surface area contributed by atoms with E-state index in [1.807, 2.05) is 41.8 Å². The minimum atomic E-state index is 0.536. The molecule has 2 nitrogen and oxygen atoms in total. The smallest absolute Gasteiger partial charge is 0.124 e. The normalized spacial score (nSPS) is 10.7. The van der Waals surface area contributed by atoms with Gasteiger partial charge in [-0.05, 0) is 24.3 Å². The van der Waals surface area contributed by atoms with Crippen molar-refractivity contribution in [1.82, 2.24) is 4.98 Å². The Hall–Kier alpha value is -1.55. The summed E-state index contributed by atoms with van der Waals surface area (Å²) in [6.45, 7) is 0. The van der Waals surface area contributed by atoms with E-state index in [1.54, 1.807) is 17.4 Å². The molecule has 0 amide bonds. The van der Waals surface area contributed by atoms with Gasteiger partial charge in [0.15, 0.2) is 0 Å². The number of benzene rings is 2. The molecule has 5 heteroatoms. The number of hydrogen-bond acceptors (Lipinski definition) is 3. The molecule has 0 aliphatic rings. The van der Waals surface area contributed by atoms with Gasteiger partial charge in [0, 0.05) is 22.2 Å². The molecule has 0 atom stereocenters. The molecule has 0 unspecified atom stereocenters. The standard InChI is InChI=1S/C15H10Cl2N2S/c16-12-6-3-10(7-13(12)17)15-19-14(8-20-15)9-1-4-11(18)5-2-9/h1-8H,18H2. The molecule has 0 spiro atoms. The second-order valence-electron chi connectivity index (χ2n) is 4.29. The fourth-order valence-corrected chi connectivity index (χ4v) is 2.95. The van der Waals surface area contributed by atoms with Crippen LogP contribution in [0.3, 0.4) is 0 Å². The lowest BCUT2D eigenvalue weighted by Crippen LogP contribution is -1.84. The number of anilines is 1. The lowest BCUT2D eigenvalue weighted by atomic mass is 10.1. The second-order valence-corrected chi connectivity index (χ2v) is 5.96. The molecular weight excluding hydrogens is 311 g/mol. The molecule has 0 saturated heterocycles. The highest BCUT2D eigenvalue weighted by atomic mass is 35.5. The molecule has 20 heavy (non-hydrogen) atoms. The van der Waals surface area contributed by atoms with E-state index in [0.717, 1.165) is 27.5 Å². The van der Waals surface area contributed by atoms with Crippen LogP contribution < -0.4 is 5.73 Å². The molecule has 3 rings (SSSR count). The lowest BCUT2D eigenvalue weighted by Gasteiger charge is -2.00. The number of hydrogen-bond donors (Lipinski definition) is 1. The molecule has 0 fully saturated rings. The molecule has 100 valence electrons. The summed E-state index contributed by atoms with van der Waals surface area (Å²) in [6.07, 6.45) is 0. The first-order valence-corrected chi connectivity index (χ1v) is 7.54. The molecule has 1 heterocycles. The number of halogens is 2. The number of nitrogens with zero attached hydrogens (tertiary/aromatic N) is 1. The van der Waals surface area contributed by atoms with Gasteiger partial charge >= 0.3 is 0 Å². The highest BCUT2D eigenvalue weighted by molar-refractivity contribution is 7.13. The van der Waals surface area contributed by atoms with Crippen LogP contribution in [0.5, 0.6) is 0 Å². The first-order chi connectivity index (χ1) is 9.63. The van der Waals surface area contributed by atoms with Crippen molar-refractivity contribution in [2.75, 3.05) is 5.73 Å². The van der Waals surface area contributed by atoms with Gasteiger partial charge in [-0.2, -0.15) is 0 Å². The average molecular weight is 321 g/mol. The number of aromatic nitrogens is 1. The zero-order chi connectivity index (χ0) is 14.1. The van der Waals surface area contributed by atoms with Gasteiger partial charge in [0.2, 0.25) is 0 Å². The van der Waals surface area contributed by atoms with Crippen LogP contribution >= 0.6 is 34.5 Å². The van der Waals surface area contributed by atoms with Crippen LogP contribution in [0.2, 0.25) is 10.0 Å². The summed E-state index contributed by atoms with van der Waals surface area (Å²) in [6, 6.07) is 13.2. The summed E-state index contributed by atoms with van der Waals surface area (Å²) >= 11 is 13.5. The Morgan fingerprint density at radius 1 is 0.900 bits per heavy atom. The SMILES string of the molecule is Nc1ccc(-c2csc(-c3ccc(Cl)c(Cl)c3)n2)cc1. The van der Waals surface area contributed by atoms with E-state index in [4.69, 9.17) is 28.9 Å². The van der Waals surface area contributed by atoms with Crippen LogP contribution in [0, 0.1) is 0 Å². The molecule has 0 aliphatic carbocycles. The summed E-state index contributed by atoms with van der Waals surface area (Å²) < 4.78 is 0. The fraction of sp³-hybridized carbons (Fsp3) is 0. The minimum absolute atomic E-state index is 0.536. The monoisotopic (exact) mass is 320 g/mol. The lowest BCUT2D eigenvalue weighted by molar-refractivity contribution is 1.40. The summed E-state index contributed by atoms with van der Waals surface area (Å²) in [7, 11) is 0. The summed E-state index contributed by atoms with van der Waals surface area (Å²) in [5.41, 5.74) is 9.37. The highest BCUT2D eigenvalue weighted by Crippen LogP contribution is 2.32. The van der Waals surface area contributed by atoms with Gasteiger partial charge in [0.25, 0.3) is 0 Å². The Kier molecular flexibility index (Phi) is 3.66. The Bertz CT molecular complexity index is 751. The van der Waals surface area contributed by atoms with E-state index < -0.39 is 0 Å². The third-order valence-corrected chi connectivity index (χ3v) is 4.51. The predicted molar refractivity (Wildman–Crippen MR) is 87.4 cm³/mol. The van der Waals surface area contributed by atoms with Crippen molar-refractivity contribution >= 4 is 40.2 Å². The summed E-state index contributed by atoms with van der Waals surface area (Å²) in [5.74, 6) is 0. The number of rotatable bonds is 2. The van der Waals surface area contributed by atoms with Crippen molar-refractivity contribution in [3.05, 3.63) is 57.9 Å². The predicted octanol–water partition coefficient (Wildman–Crippen LogP) is 5.37. The maximum atomic E-state index is 6.04. The third-order valence-electron chi connectivity index (χ3n) is 2.88. The van der Waals surface area contributed by atoms with Gasteiger partial charge in [-0.1, -0.05) is 41.4 Å². The Morgan fingerprint density at radius 2 is 1.60 bits per heavy atom. The van der Waals surface area contributed by atoms with Crippen LogP contribution in [0.15, 0.2) is 47.8 Å². The van der Waals surface area contributed by atoms with Crippen LogP contribution in [-0.2, 0) is 0 Å². The molecule has 0 radical (unpaired) electrons. The van der Waals surface area contributed by atoms with Gasteiger partial charge in [-0.15, -0.1) is 11.3 Å². The largest absolute Gasteiger partial charge is 0.399 e. The van der Waals surface area contributed by atoms with Crippen molar-refractivity contribution in [2.45, 2.75) is 0 Å². The van der Waals surface area contributed by atoms with Gasteiger partial charge in [-0.25, -0.2) is 4.98 Å². The highest BCUT2D eigenvalue weighted by Gasteiger charge is 2.08. The molecule has 0 aliphatic heterocycles. The molecule has 1 aromatic heterocycles. The molecule has 0 bridgehead atoms. The van der Waals surface area contributed by atoms with Gasteiger partial charge in [0.1, 0.15) is 5.01 Å². The second kappa shape index (κ2) is 5.44. The van der Waals surface area contributed by atoms with Crippen LogP contribution in [0.25, 0.3) is 21.8 Å². The number of nitrogens with two attached hydrogens (primary N) is 1. The van der Waals surface area contributed by atoms with E-state index in [1.165, 1.54) is 0 Å². The zero-order valence-electron chi connectivity index (χ0n) is 10.3. The maximum absolute atomic E-state index is 6.04. The van der Waals surface area contributed by atoms with Crippen LogP contribution in [0.4, 0.5) is 5.69 Å². The molecule has 2 aromatic carbocycles. The number of nitrogen functional groups attached to an aromatic ring is 1. The molecular formula is C15H10Cl2N2S. The van der Waals surface area contributed by atoms with E-state index in [9.17, 15) is 0 Å². The van der Waals surface area contributed by atoms with Gasteiger partial charge < -0.3 is 5.73 Å². The van der Waals surface area contributed by atoms with Gasteiger partial charge in [0.05, 0.1) is 15.7 Å². The van der Waals surface area contributed by atoms with E-state index in [2.05, 4.69) is 4.98 Å². The third kappa shape index (κ3) is 2.66. The quantitative estimate of drug-likeness (QED) is 0.645. The van der Waals surface area contributed by atoms with Crippen molar-refractivity contribution in [3.63, 3.8) is 0 Å². The summed E-state index contributed by atoms with van der Waals surface area (Å²) in [5, 5.41) is 4.01. The Morgan fingerprint density at radius 3 is 2.30 bits per heavy atom. The van der Waals surface area contributed by atoms with Gasteiger partial charge in [-0.3, -0.25) is 0 Å². The molecule has 2 N–H and O–H groups in total. The number of thiazole rings is 1. The van der Waals surface area contributed by atoms with Crippen molar-refractivity contribution in [3.8, 4) is 21.8 Å². The minimum Gasteiger partial charge on any atom is -0.399 e. The van der Waals surface area contributed by atoms with Crippen molar-refractivity contribution in [1.29, 1.82) is 0 Å². The Labute approximate surface area is 130 Å². The molecule has 3 aromatic rings. The first kappa shape index (κ1) is 13.4. The van der Waals surface area contributed by atoms with Crippen LogP contribution in [-0.4, -0.2) is 4.98 Å². The van der Waals surface area contributed by atoms with E-state index in [-0.39, 0.29) is 0 Å². The zero-order valence-corrected chi connectivity index (χ0v) is 12.6.